The third kappa shape index (κ3) is 12.1. The molecule has 2 rings (SSSR count). The minimum Gasteiger partial charge on any atom is -0.384 e. The van der Waals surface area contributed by atoms with Crippen molar-refractivity contribution in [2.75, 3.05) is 46.5 Å². The summed E-state index contributed by atoms with van der Waals surface area (Å²) in [6.45, 7) is 18.7. The lowest BCUT2D eigenvalue weighted by Gasteiger charge is -2.29. The van der Waals surface area contributed by atoms with Crippen molar-refractivity contribution in [3.63, 3.8) is 0 Å². The van der Waals surface area contributed by atoms with Crippen LogP contribution in [0.15, 0.2) is 76.5 Å². The lowest BCUT2D eigenvalue weighted by atomic mass is 9.94. The quantitative estimate of drug-likeness (QED) is 0.207. The van der Waals surface area contributed by atoms with Gasteiger partial charge in [0.25, 0.3) is 5.91 Å². The van der Waals surface area contributed by atoms with Gasteiger partial charge in [-0.3, -0.25) is 20.1 Å². The van der Waals surface area contributed by atoms with Crippen LogP contribution < -0.4 is 11.5 Å². The fourth-order valence-electron chi connectivity index (χ4n) is 3.94. The molecule has 0 radical (unpaired) electrons. The van der Waals surface area contributed by atoms with Gasteiger partial charge >= 0.3 is 0 Å². The number of nitrogens with zero attached hydrogens (tertiary/aromatic N) is 4. The highest BCUT2D eigenvalue weighted by Gasteiger charge is 2.19. The first kappa shape index (κ1) is 36.4. The number of aliphatic imine (C=N–C) groups is 1. The number of anilines is 1. The van der Waals surface area contributed by atoms with Crippen LogP contribution in [0.4, 0.5) is 5.82 Å². The van der Waals surface area contributed by atoms with Gasteiger partial charge in [-0.25, -0.2) is 4.98 Å². The summed E-state index contributed by atoms with van der Waals surface area (Å²) >= 11 is 0. The van der Waals surface area contributed by atoms with Crippen molar-refractivity contribution in [1.82, 2.24) is 14.8 Å². The van der Waals surface area contributed by atoms with E-state index in [1.807, 2.05) is 46.8 Å². The van der Waals surface area contributed by atoms with Crippen molar-refractivity contribution in [2.24, 2.45) is 10.7 Å². The molecular weight excluding hydrogens is 498 g/mol. The Labute approximate surface area is 242 Å². The van der Waals surface area contributed by atoms with Gasteiger partial charge in [0.2, 0.25) is 0 Å². The van der Waals surface area contributed by atoms with Crippen molar-refractivity contribution in [3.8, 4) is 0 Å². The minimum atomic E-state index is -0.332. The Kier molecular flexibility index (Phi) is 17.7. The zero-order valence-corrected chi connectivity index (χ0v) is 26.1. The third-order valence-corrected chi connectivity index (χ3v) is 5.95. The topological polar surface area (TPSA) is 125 Å². The summed E-state index contributed by atoms with van der Waals surface area (Å²) in [5.41, 5.74) is 18.0. The van der Waals surface area contributed by atoms with Crippen molar-refractivity contribution >= 4 is 29.2 Å². The number of hydrogen-bond donors (Lipinski definition) is 3. The highest BCUT2D eigenvalue weighted by atomic mass is 16.2. The van der Waals surface area contributed by atoms with E-state index < -0.39 is 0 Å². The van der Waals surface area contributed by atoms with Crippen molar-refractivity contribution in [3.05, 3.63) is 77.1 Å². The molecule has 1 amide bonds. The summed E-state index contributed by atoms with van der Waals surface area (Å²) in [7, 11) is 5.00. The van der Waals surface area contributed by atoms with Gasteiger partial charge in [-0.15, -0.1) is 0 Å². The number of nitrogens with two attached hydrogens (primary N) is 2. The van der Waals surface area contributed by atoms with Gasteiger partial charge in [0, 0.05) is 64.8 Å². The molecule has 40 heavy (non-hydrogen) atoms. The Morgan fingerprint density at radius 2 is 1.88 bits per heavy atom. The molecule has 1 aliphatic rings. The Morgan fingerprint density at radius 3 is 2.38 bits per heavy atom. The Bertz CT molecular complexity index is 1120. The zero-order chi connectivity index (χ0) is 30.8. The first-order valence-electron chi connectivity index (χ1n) is 13.9. The number of carbonyl (C=O) groups is 1. The van der Waals surface area contributed by atoms with E-state index in [0.29, 0.717) is 5.82 Å². The van der Waals surface area contributed by atoms with Gasteiger partial charge in [-0.2, -0.15) is 0 Å². The fraction of sp³-hybridized carbons (Fsp3) is 0.438. The first-order chi connectivity index (χ1) is 19.0. The molecule has 5 N–H and O–H groups in total. The van der Waals surface area contributed by atoms with Crippen molar-refractivity contribution in [2.45, 2.75) is 54.0 Å². The molecule has 0 bridgehead atoms. The summed E-state index contributed by atoms with van der Waals surface area (Å²) < 4.78 is 0. The van der Waals surface area contributed by atoms with E-state index in [2.05, 4.69) is 40.5 Å². The molecule has 1 atom stereocenters. The number of nitrogen functional groups attached to an aromatic ring is 1. The first-order valence-corrected chi connectivity index (χ1v) is 13.9. The number of allylic oxidation sites excluding steroid dienone is 4. The second-order valence-corrected chi connectivity index (χ2v) is 9.22. The van der Waals surface area contributed by atoms with Gasteiger partial charge in [0.05, 0.1) is 0 Å². The molecule has 8 nitrogen and oxygen atoms in total. The lowest BCUT2D eigenvalue weighted by molar-refractivity contribution is -0.121. The molecule has 0 spiro atoms. The lowest BCUT2D eigenvalue weighted by Crippen LogP contribution is -2.35. The maximum absolute atomic E-state index is 12.0. The number of nitrogens with one attached hydrogen (secondary N) is 1. The van der Waals surface area contributed by atoms with E-state index in [4.69, 9.17) is 16.9 Å². The van der Waals surface area contributed by atoms with E-state index >= 15 is 0 Å². The molecule has 1 aliphatic heterocycles. The summed E-state index contributed by atoms with van der Waals surface area (Å²) in [4.78, 5) is 24.0. The van der Waals surface area contributed by atoms with Crippen LogP contribution in [0, 0.1) is 5.41 Å². The molecule has 0 aromatic carbocycles. The molecular formula is C32H51N7O. The van der Waals surface area contributed by atoms with Gasteiger partial charge in [-0.05, 0) is 55.7 Å². The molecule has 0 aliphatic carbocycles. The van der Waals surface area contributed by atoms with E-state index in [0.717, 1.165) is 53.9 Å². The summed E-state index contributed by atoms with van der Waals surface area (Å²) in [6, 6.07) is 3.42. The maximum atomic E-state index is 12.0. The predicted octanol–water partition coefficient (Wildman–Crippen LogP) is 5.32. The Balaban J connectivity index is 0.00000363. The second-order valence-electron chi connectivity index (χ2n) is 9.22. The summed E-state index contributed by atoms with van der Waals surface area (Å²) in [6.07, 6.45) is 12.1. The van der Waals surface area contributed by atoms with Crippen LogP contribution in [-0.2, 0) is 4.79 Å². The fourth-order valence-corrected chi connectivity index (χ4v) is 3.94. The smallest absolute Gasteiger partial charge is 0.271 e. The summed E-state index contributed by atoms with van der Waals surface area (Å²) in [5.74, 6) is 0.143. The van der Waals surface area contributed by atoms with E-state index in [1.54, 1.807) is 45.7 Å². The van der Waals surface area contributed by atoms with Gasteiger partial charge in [-0.1, -0.05) is 63.1 Å². The molecule has 0 saturated carbocycles. The van der Waals surface area contributed by atoms with Crippen LogP contribution in [0.3, 0.4) is 0 Å². The second kappa shape index (κ2) is 19.4. The third-order valence-electron chi connectivity index (χ3n) is 5.95. The number of rotatable bonds is 10. The predicted molar refractivity (Wildman–Crippen MR) is 174 cm³/mol. The number of hydrogen-bond acceptors (Lipinski definition) is 7. The Hall–Kier alpha value is -3.62. The van der Waals surface area contributed by atoms with Crippen LogP contribution >= 0.6 is 0 Å². The minimum absolute atomic E-state index is 0.0552. The molecule has 8 heteroatoms. The number of pyridine rings is 1. The normalized spacial score (nSPS) is 15.2. The number of amides is 1. The van der Waals surface area contributed by atoms with E-state index in [1.165, 1.54) is 10.5 Å². The standard InChI is InChI=1S/C28H39N7O.2C2H6/c1-19(15-20(2)24(9-12-32-4)23-7-8-26(30)33-17-23)18-35-13-10-22(11-14-35)27(31)21(3)16-25(29)28(36)34(5)6;2*1-2/h7-10,12,15-17,27,29H,2,11,13-14,18,31H2,1,3-6H3,(H2,30,33);2*1-2H3/b19-15+,21-16-,24-9+,29-25?,32-12?;;. The van der Waals surface area contributed by atoms with Gasteiger partial charge < -0.3 is 16.4 Å². The maximum Gasteiger partial charge on any atom is 0.271 e. The van der Waals surface area contributed by atoms with E-state index in [-0.39, 0.29) is 17.7 Å². The summed E-state index contributed by atoms with van der Waals surface area (Å²) in [5, 5.41) is 7.97. The van der Waals surface area contributed by atoms with Crippen LogP contribution in [-0.4, -0.2) is 79.4 Å². The van der Waals surface area contributed by atoms with Crippen molar-refractivity contribution < 1.29 is 4.79 Å². The van der Waals surface area contributed by atoms with Crippen LogP contribution in [0.1, 0.15) is 53.5 Å². The largest absolute Gasteiger partial charge is 0.384 e. The SMILES string of the molecule is C=C(/C=C(\C)CN1CC=C(C(N)/C(C)=C\C(=N)C(=O)N(C)C)CC1)/C(=C\C=NC)c1ccc(N)nc1.CC.CC. The van der Waals surface area contributed by atoms with Gasteiger partial charge in [0.15, 0.2) is 0 Å². The number of aromatic nitrogens is 1. The highest BCUT2D eigenvalue weighted by Crippen LogP contribution is 2.24. The molecule has 0 fully saturated rings. The Morgan fingerprint density at radius 1 is 1.23 bits per heavy atom. The average molecular weight is 550 g/mol. The molecule has 0 saturated heterocycles. The van der Waals surface area contributed by atoms with Gasteiger partial charge in [0.1, 0.15) is 11.5 Å². The van der Waals surface area contributed by atoms with Crippen LogP contribution in [0.5, 0.6) is 0 Å². The number of carbonyl (C=O) groups excluding carboxylic acids is 1. The highest BCUT2D eigenvalue weighted by molar-refractivity contribution is 6.42. The molecule has 220 valence electrons. The monoisotopic (exact) mass is 549 g/mol. The molecule has 1 aromatic rings. The molecule has 1 aromatic heterocycles. The zero-order valence-electron chi connectivity index (χ0n) is 26.1. The van der Waals surface area contributed by atoms with Crippen molar-refractivity contribution in [1.29, 1.82) is 5.41 Å². The molecule has 1 unspecified atom stereocenters. The van der Waals surface area contributed by atoms with E-state index in [9.17, 15) is 4.79 Å². The van der Waals surface area contributed by atoms with Crippen LogP contribution in [0.2, 0.25) is 0 Å². The molecule has 2 heterocycles. The van der Waals surface area contributed by atoms with Crippen LogP contribution in [0.25, 0.3) is 5.57 Å². The average Bonchev–Trinajstić information content (AvgIpc) is 2.95.